The number of hydrogen-bond acceptors (Lipinski definition) is 8. The van der Waals surface area contributed by atoms with Crippen LogP contribution in [0.1, 0.15) is 31.4 Å². The van der Waals surface area contributed by atoms with E-state index in [4.69, 9.17) is 4.74 Å². The zero-order valence-corrected chi connectivity index (χ0v) is 19.0. The first-order chi connectivity index (χ1) is 15.0. The molecule has 2 aliphatic rings. The van der Waals surface area contributed by atoms with Crippen molar-refractivity contribution >= 4 is 39.6 Å². The molecule has 0 radical (unpaired) electrons. The molecule has 0 aromatic heterocycles. The van der Waals surface area contributed by atoms with Crippen LogP contribution < -0.4 is 10.0 Å². The number of alkyl halides is 3. The molecule has 3 rings (SSSR count). The summed E-state index contributed by atoms with van der Waals surface area (Å²) in [5.74, 6) is 0. The van der Waals surface area contributed by atoms with Gasteiger partial charge in [0.2, 0.25) is 0 Å². The highest BCUT2D eigenvalue weighted by Gasteiger charge is 2.36. The van der Waals surface area contributed by atoms with E-state index in [0.717, 1.165) is 11.0 Å². The monoisotopic (exact) mass is 491 g/mol. The number of allylic oxidation sites excluding steroid dienone is 3. The van der Waals surface area contributed by atoms with Gasteiger partial charge in [0.1, 0.15) is 12.4 Å². The molecule has 0 saturated carbocycles. The van der Waals surface area contributed by atoms with Gasteiger partial charge >= 0.3 is 6.18 Å². The normalized spacial score (nSPS) is 23.3. The van der Waals surface area contributed by atoms with Crippen LogP contribution in [0, 0.1) is 0 Å². The Morgan fingerprint density at radius 3 is 2.69 bits per heavy atom. The first-order valence-electron chi connectivity index (χ1n) is 9.77. The fourth-order valence-corrected chi connectivity index (χ4v) is 4.85. The average molecular weight is 492 g/mol. The molecule has 1 aromatic rings. The first-order valence-corrected chi connectivity index (χ1v) is 12.1. The second-order valence-corrected chi connectivity index (χ2v) is 10.1. The minimum absolute atomic E-state index is 0.0821. The molecule has 7 nitrogen and oxygen atoms in total. The van der Waals surface area contributed by atoms with Crippen LogP contribution >= 0.6 is 22.5 Å². The smallest absolute Gasteiger partial charge is 0.348 e. The van der Waals surface area contributed by atoms with Crippen molar-refractivity contribution in [2.45, 2.75) is 43.7 Å². The average Bonchev–Trinajstić information content (AvgIpc) is 3.23. The summed E-state index contributed by atoms with van der Waals surface area (Å²) in [6.45, 7) is 3.74. The quantitative estimate of drug-likeness (QED) is 0.310. The Labute approximate surface area is 189 Å². The van der Waals surface area contributed by atoms with Gasteiger partial charge < -0.3 is 14.8 Å². The predicted octanol–water partition coefficient (Wildman–Crippen LogP) is 4.63. The number of amidine groups is 1. The molecular formula is C20H24F3N3O4S2. The van der Waals surface area contributed by atoms with Gasteiger partial charge in [-0.25, -0.2) is 4.72 Å². The van der Waals surface area contributed by atoms with Crippen LogP contribution in [0.3, 0.4) is 0 Å². The number of thioether (sulfide) groups is 1. The van der Waals surface area contributed by atoms with E-state index in [1.54, 1.807) is 12.2 Å². The van der Waals surface area contributed by atoms with Crippen molar-refractivity contribution in [3.63, 3.8) is 0 Å². The number of ether oxygens (including phenoxy) is 1. The molecule has 0 spiro atoms. The number of aldehydes is 1. The summed E-state index contributed by atoms with van der Waals surface area (Å²) in [6.07, 6.45) is -0.222. The molecule has 12 heteroatoms. The van der Waals surface area contributed by atoms with Gasteiger partial charge in [0, 0.05) is 4.91 Å². The minimum Gasteiger partial charge on any atom is -0.348 e. The number of aliphatic imine (C=N–C) groups is 1. The molecule has 2 heterocycles. The lowest BCUT2D eigenvalue weighted by atomic mass is 10.0. The fourth-order valence-electron chi connectivity index (χ4n) is 2.93. The van der Waals surface area contributed by atoms with Gasteiger partial charge in [-0.05, 0) is 48.8 Å². The number of benzene rings is 1. The van der Waals surface area contributed by atoms with Gasteiger partial charge in [0.25, 0.3) is 0 Å². The number of rotatable bonds is 8. The van der Waals surface area contributed by atoms with Crippen LogP contribution in [-0.2, 0) is 15.7 Å². The van der Waals surface area contributed by atoms with E-state index in [2.05, 4.69) is 15.0 Å². The SMILES string of the molecule is CCC=C(/C=C1\CN=C(NC2OC2C)S1)c1cc(C(F)(F)F)cc(S(O)(O)NCC=O)c1. The summed E-state index contributed by atoms with van der Waals surface area (Å²) in [6, 6.07) is 2.94. The predicted molar refractivity (Wildman–Crippen MR) is 120 cm³/mol. The van der Waals surface area contributed by atoms with E-state index in [9.17, 15) is 27.1 Å². The molecule has 0 amide bonds. The standard InChI is InChI=1S/C20H24F3N3O4S2/c1-3-4-13(8-16-11-24-19(31-16)26-18-12(2)30-18)14-7-15(20(21,22)23)10-17(9-14)32(28,29)25-5-6-27/h4,6-10,12,18,25,28-29H,3,5,11H2,1-2H3,(H,24,26)/b13-4?,16-8+. The summed E-state index contributed by atoms with van der Waals surface area (Å²) in [5, 5.41) is 3.82. The molecule has 32 heavy (non-hydrogen) atoms. The van der Waals surface area contributed by atoms with E-state index >= 15 is 0 Å². The van der Waals surface area contributed by atoms with Gasteiger partial charge in [-0.3, -0.25) is 14.1 Å². The van der Waals surface area contributed by atoms with Crippen LogP contribution in [0.5, 0.6) is 0 Å². The van der Waals surface area contributed by atoms with Crippen molar-refractivity contribution in [2.75, 3.05) is 13.1 Å². The molecule has 0 bridgehead atoms. The highest BCUT2D eigenvalue weighted by molar-refractivity contribution is 8.22. The van der Waals surface area contributed by atoms with E-state index in [-0.39, 0.29) is 22.8 Å². The van der Waals surface area contributed by atoms with Crippen LogP contribution in [0.15, 0.2) is 45.1 Å². The fraction of sp³-hybridized carbons (Fsp3) is 0.400. The molecule has 4 N–H and O–H groups in total. The van der Waals surface area contributed by atoms with E-state index in [1.165, 1.54) is 17.8 Å². The van der Waals surface area contributed by atoms with E-state index in [0.29, 0.717) is 36.1 Å². The number of nitrogens with one attached hydrogen (secondary N) is 2. The molecular weight excluding hydrogens is 467 g/mol. The molecule has 2 atom stereocenters. The van der Waals surface area contributed by atoms with Gasteiger partial charge in [-0.15, -0.1) is 10.8 Å². The van der Waals surface area contributed by atoms with Crippen molar-refractivity contribution in [3.8, 4) is 0 Å². The van der Waals surface area contributed by atoms with Gasteiger partial charge in [-0.2, -0.15) is 13.2 Å². The number of hydrogen-bond donors (Lipinski definition) is 4. The number of carbonyl (C=O) groups excluding carboxylic acids is 1. The Kier molecular flexibility index (Phi) is 7.73. The summed E-state index contributed by atoms with van der Waals surface area (Å²) >= 11 is 1.37. The minimum atomic E-state index is -4.70. The highest BCUT2D eigenvalue weighted by atomic mass is 32.3. The lowest BCUT2D eigenvalue weighted by Gasteiger charge is -2.33. The van der Waals surface area contributed by atoms with Crippen LogP contribution in [0.25, 0.3) is 5.57 Å². The summed E-state index contributed by atoms with van der Waals surface area (Å²) < 4.78 is 68.7. The molecule has 1 fully saturated rings. The van der Waals surface area contributed by atoms with Crippen LogP contribution in [0.4, 0.5) is 13.2 Å². The number of epoxide rings is 1. The molecule has 0 aliphatic carbocycles. The Bertz CT molecular complexity index is 964. The van der Waals surface area contributed by atoms with Gasteiger partial charge in [0.05, 0.1) is 23.5 Å². The Hall–Kier alpha value is -1.83. The third-order valence-electron chi connectivity index (χ3n) is 4.59. The van der Waals surface area contributed by atoms with E-state index in [1.807, 2.05) is 13.8 Å². The summed E-state index contributed by atoms with van der Waals surface area (Å²) in [7, 11) is -3.80. The number of halogens is 3. The van der Waals surface area contributed by atoms with E-state index < -0.39 is 29.1 Å². The number of nitrogens with zero attached hydrogens (tertiary/aromatic N) is 1. The molecule has 1 saturated heterocycles. The highest BCUT2D eigenvalue weighted by Crippen LogP contribution is 2.47. The van der Waals surface area contributed by atoms with Crippen LogP contribution in [0.2, 0.25) is 0 Å². The lowest BCUT2D eigenvalue weighted by Crippen LogP contribution is -2.23. The maximum absolute atomic E-state index is 13.5. The van der Waals surface area contributed by atoms with Gasteiger partial charge in [-0.1, -0.05) is 24.8 Å². The maximum Gasteiger partial charge on any atom is 0.416 e. The Morgan fingerprint density at radius 1 is 1.38 bits per heavy atom. The zero-order chi connectivity index (χ0) is 23.5. The number of carbonyl (C=O) groups is 1. The molecule has 2 unspecified atom stereocenters. The molecule has 176 valence electrons. The lowest BCUT2D eigenvalue weighted by molar-refractivity contribution is -0.137. The van der Waals surface area contributed by atoms with Crippen molar-refractivity contribution in [3.05, 3.63) is 46.4 Å². The topological polar surface area (TPSA) is 106 Å². The van der Waals surface area contributed by atoms with Gasteiger partial charge in [0.15, 0.2) is 11.4 Å². The maximum atomic E-state index is 13.5. The van der Waals surface area contributed by atoms with Crippen molar-refractivity contribution in [1.82, 2.24) is 10.0 Å². The zero-order valence-electron chi connectivity index (χ0n) is 17.3. The summed E-state index contributed by atoms with van der Waals surface area (Å²) in [4.78, 5) is 15.4. The Balaban J connectivity index is 1.92. The first kappa shape index (κ1) is 24.8. The molecule has 1 aromatic carbocycles. The van der Waals surface area contributed by atoms with Crippen LogP contribution in [-0.4, -0.2) is 46.0 Å². The van der Waals surface area contributed by atoms with Crippen molar-refractivity contribution < 1.29 is 31.8 Å². The summed E-state index contributed by atoms with van der Waals surface area (Å²) in [5.41, 5.74) is -0.338. The Morgan fingerprint density at radius 2 is 2.09 bits per heavy atom. The second-order valence-electron chi connectivity index (χ2n) is 7.12. The largest absolute Gasteiger partial charge is 0.416 e. The third kappa shape index (κ3) is 6.36. The van der Waals surface area contributed by atoms with Crippen molar-refractivity contribution in [1.29, 1.82) is 0 Å². The molecule has 2 aliphatic heterocycles. The third-order valence-corrected chi connectivity index (χ3v) is 7.00. The van der Waals surface area contributed by atoms with Crippen molar-refractivity contribution in [2.24, 2.45) is 4.99 Å². The second kappa shape index (κ2) is 9.98.